The van der Waals surface area contributed by atoms with E-state index in [1.54, 1.807) is 12.1 Å². The summed E-state index contributed by atoms with van der Waals surface area (Å²) in [6, 6.07) is 5.07. The minimum atomic E-state index is -0.172. The molecule has 106 valence electrons. The molecule has 0 aromatic heterocycles. The van der Waals surface area contributed by atoms with Gasteiger partial charge in [0.2, 0.25) is 0 Å². The first-order chi connectivity index (χ1) is 8.87. The number of hydrogen-bond acceptors (Lipinski definition) is 2. The van der Waals surface area contributed by atoms with Gasteiger partial charge in [-0.15, -0.1) is 0 Å². The number of rotatable bonds is 3. The van der Waals surface area contributed by atoms with E-state index in [0.717, 1.165) is 37.4 Å². The number of fused-ring (bicyclic) bond motifs is 1. The molecule has 0 saturated carbocycles. The maximum atomic E-state index is 13.4. The Labute approximate surface area is 116 Å². The standard InChI is InChI=1S/C16H25FN2/c1-12(2)7-8-19-11-16(3,4)10-18-14-9-13(17)5-6-15(14)19/h5-6,9,12,18H,7-8,10-11H2,1-4H3. The largest absolute Gasteiger partial charge is 0.383 e. The van der Waals surface area contributed by atoms with Crippen molar-refractivity contribution in [3.8, 4) is 0 Å². The third kappa shape index (κ3) is 3.62. The van der Waals surface area contributed by atoms with E-state index in [-0.39, 0.29) is 11.2 Å². The molecule has 0 fully saturated rings. The van der Waals surface area contributed by atoms with E-state index >= 15 is 0 Å². The van der Waals surface area contributed by atoms with Crippen molar-refractivity contribution in [1.82, 2.24) is 0 Å². The van der Waals surface area contributed by atoms with Crippen molar-refractivity contribution < 1.29 is 4.39 Å². The first-order valence-corrected chi connectivity index (χ1v) is 7.16. The molecular weight excluding hydrogens is 239 g/mol. The van der Waals surface area contributed by atoms with Gasteiger partial charge in [-0.05, 0) is 36.0 Å². The summed E-state index contributed by atoms with van der Waals surface area (Å²) in [5.74, 6) is 0.512. The molecule has 0 aliphatic carbocycles. The van der Waals surface area contributed by atoms with Crippen molar-refractivity contribution in [1.29, 1.82) is 0 Å². The van der Waals surface area contributed by atoms with E-state index in [9.17, 15) is 4.39 Å². The quantitative estimate of drug-likeness (QED) is 0.883. The second-order valence-corrected chi connectivity index (χ2v) is 6.78. The molecule has 2 nitrogen and oxygen atoms in total. The number of hydrogen-bond donors (Lipinski definition) is 1. The molecule has 0 amide bonds. The number of halogens is 1. The number of nitrogens with one attached hydrogen (secondary N) is 1. The van der Waals surface area contributed by atoms with Crippen molar-refractivity contribution in [3.63, 3.8) is 0 Å². The van der Waals surface area contributed by atoms with Crippen LogP contribution in [0.25, 0.3) is 0 Å². The monoisotopic (exact) mass is 264 g/mol. The zero-order chi connectivity index (χ0) is 14.0. The Kier molecular flexibility index (Phi) is 4.02. The van der Waals surface area contributed by atoms with Gasteiger partial charge in [0.25, 0.3) is 0 Å². The summed E-state index contributed by atoms with van der Waals surface area (Å²) in [6.07, 6.45) is 1.16. The predicted molar refractivity (Wildman–Crippen MR) is 80.3 cm³/mol. The van der Waals surface area contributed by atoms with Crippen LogP contribution in [0.5, 0.6) is 0 Å². The molecule has 1 heterocycles. The Balaban J connectivity index is 2.27. The molecule has 0 bridgehead atoms. The first kappa shape index (κ1) is 14.2. The Morgan fingerprint density at radius 2 is 2.11 bits per heavy atom. The van der Waals surface area contributed by atoms with Gasteiger partial charge in [-0.2, -0.15) is 0 Å². The maximum absolute atomic E-state index is 13.4. The lowest BCUT2D eigenvalue weighted by Gasteiger charge is -2.31. The summed E-state index contributed by atoms with van der Waals surface area (Å²) in [5, 5.41) is 3.39. The zero-order valence-corrected chi connectivity index (χ0v) is 12.5. The van der Waals surface area contributed by atoms with Crippen LogP contribution in [0.1, 0.15) is 34.1 Å². The molecule has 1 aliphatic heterocycles. The third-order valence-corrected chi connectivity index (χ3v) is 3.65. The summed E-state index contributed by atoms with van der Waals surface area (Å²) in [4.78, 5) is 2.40. The fourth-order valence-electron chi connectivity index (χ4n) is 2.53. The number of anilines is 2. The van der Waals surface area contributed by atoms with Crippen LogP contribution >= 0.6 is 0 Å². The van der Waals surface area contributed by atoms with Gasteiger partial charge in [-0.3, -0.25) is 0 Å². The number of nitrogens with zero attached hydrogens (tertiary/aromatic N) is 1. The van der Waals surface area contributed by atoms with Crippen molar-refractivity contribution in [3.05, 3.63) is 24.0 Å². The van der Waals surface area contributed by atoms with Crippen molar-refractivity contribution in [2.24, 2.45) is 11.3 Å². The fraction of sp³-hybridized carbons (Fsp3) is 0.625. The highest BCUT2D eigenvalue weighted by atomic mass is 19.1. The number of benzene rings is 1. The summed E-state index contributed by atoms with van der Waals surface area (Å²) >= 11 is 0. The van der Waals surface area contributed by atoms with E-state index in [0.29, 0.717) is 5.92 Å². The van der Waals surface area contributed by atoms with Crippen LogP contribution in [0.4, 0.5) is 15.8 Å². The maximum Gasteiger partial charge on any atom is 0.125 e. The molecule has 0 saturated heterocycles. The smallest absolute Gasteiger partial charge is 0.125 e. The Morgan fingerprint density at radius 1 is 1.37 bits per heavy atom. The van der Waals surface area contributed by atoms with E-state index in [4.69, 9.17) is 0 Å². The lowest BCUT2D eigenvalue weighted by molar-refractivity contribution is 0.390. The molecule has 0 spiro atoms. The second kappa shape index (κ2) is 5.40. The highest BCUT2D eigenvalue weighted by molar-refractivity contribution is 5.71. The lowest BCUT2D eigenvalue weighted by Crippen LogP contribution is -2.36. The van der Waals surface area contributed by atoms with Crippen LogP contribution < -0.4 is 10.2 Å². The highest BCUT2D eigenvalue weighted by Gasteiger charge is 2.27. The van der Waals surface area contributed by atoms with E-state index < -0.39 is 0 Å². The van der Waals surface area contributed by atoms with Gasteiger partial charge in [-0.1, -0.05) is 27.7 Å². The van der Waals surface area contributed by atoms with Gasteiger partial charge in [-0.25, -0.2) is 4.39 Å². The minimum Gasteiger partial charge on any atom is -0.383 e. The van der Waals surface area contributed by atoms with Crippen molar-refractivity contribution in [2.45, 2.75) is 34.1 Å². The van der Waals surface area contributed by atoms with Crippen LogP contribution in [0, 0.1) is 17.2 Å². The average Bonchev–Trinajstić information content (AvgIpc) is 2.44. The van der Waals surface area contributed by atoms with Gasteiger partial charge in [0, 0.05) is 19.6 Å². The van der Waals surface area contributed by atoms with Crippen LogP contribution in [0.2, 0.25) is 0 Å². The van der Waals surface area contributed by atoms with Gasteiger partial charge in [0.1, 0.15) is 5.82 Å². The first-order valence-electron chi connectivity index (χ1n) is 7.16. The lowest BCUT2D eigenvalue weighted by atomic mass is 9.93. The summed E-state index contributed by atoms with van der Waals surface area (Å²) < 4.78 is 13.4. The summed E-state index contributed by atoms with van der Waals surface area (Å²) in [5.41, 5.74) is 2.24. The van der Waals surface area contributed by atoms with Crippen molar-refractivity contribution >= 4 is 11.4 Å². The Hall–Kier alpha value is -1.25. The molecule has 1 aromatic rings. The molecule has 19 heavy (non-hydrogen) atoms. The molecule has 3 heteroatoms. The SMILES string of the molecule is CC(C)CCN1CC(C)(C)CNc2cc(F)ccc21. The van der Waals surface area contributed by atoms with Crippen LogP contribution in [-0.2, 0) is 0 Å². The topological polar surface area (TPSA) is 15.3 Å². The van der Waals surface area contributed by atoms with Crippen molar-refractivity contribution in [2.75, 3.05) is 29.9 Å². The normalized spacial score (nSPS) is 17.9. The van der Waals surface area contributed by atoms with Gasteiger partial charge in [0.05, 0.1) is 11.4 Å². The fourth-order valence-corrected chi connectivity index (χ4v) is 2.53. The molecular formula is C16H25FN2. The molecule has 1 aliphatic rings. The molecule has 0 unspecified atom stereocenters. The van der Waals surface area contributed by atoms with E-state index in [1.807, 2.05) is 6.07 Å². The van der Waals surface area contributed by atoms with Crippen LogP contribution in [0.3, 0.4) is 0 Å². The average molecular weight is 264 g/mol. The molecule has 0 radical (unpaired) electrons. The van der Waals surface area contributed by atoms with E-state index in [1.165, 1.54) is 0 Å². The van der Waals surface area contributed by atoms with Gasteiger partial charge < -0.3 is 10.2 Å². The second-order valence-electron chi connectivity index (χ2n) is 6.78. The third-order valence-electron chi connectivity index (χ3n) is 3.65. The molecule has 2 rings (SSSR count). The summed E-state index contributed by atoms with van der Waals surface area (Å²) in [7, 11) is 0. The van der Waals surface area contributed by atoms with Gasteiger partial charge >= 0.3 is 0 Å². The van der Waals surface area contributed by atoms with E-state index in [2.05, 4.69) is 37.9 Å². The summed E-state index contributed by atoms with van der Waals surface area (Å²) in [6.45, 7) is 11.9. The zero-order valence-electron chi connectivity index (χ0n) is 12.5. The Morgan fingerprint density at radius 3 is 2.79 bits per heavy atom. The molecule has 1 aromatic carbocycles. The van der Waals surface area contributed by atoms with Crippen LogP contribution in [0.15, 0.2) is 18.2 Å². The van der Waals surface area contributed by atoms with Crippen LogP contribution in [-0.4, -0.2) is 19.6 Å². The Bertz CT molecular complexity index is 440. The minimum absolute atomic E-state index is 0.172. The molecule has 0 atom stereocenters. The molecule has 1 N–H and O–H groups in total. The van der Waals surface area contributed by atoms with Gasteiger partial charge in [0.15, 0.2) is 0 Å². The predicted octanol–water partition coefficient (Wildman–Crippen LogP) is 4.13. The highest BCUT2D eigenvalue weighted by Crippen LogP contribution is 2.34.